The third-order valence-electron chi connectivity index (χ3n) is 5.17. The number of benzene rings is 2. The van der Waals surface area contributed by atoms with E-state index < -0.39 is 5.60 Å². The Kier molecular flexibility index (Phi) is 10.1. The maximum atomic E-state index is 12.1. The van der Waals surface area contributed by atoms with Gasteiger partial charge in [0.05, 0.1) is 28.9 Å². The Hall–Kier alpha value is -1.95. The van der Waals surface area contributed by atoms with Gasteiger partial charge in [0.15, 0.2) is 11.5 Å². The molecule has 0 heterocycles. The van der Waals surface area contributed by atoms with Gasteiger partial charge >= 0.3 is 5.97 Å². The summed E-state index contributed by atoms with van der Waals surface area (Å²) in [5, 5.41) is 3.98. The number of Topliss-reactive ketones (excluding diaryl/α,β-unsaturated/α-hetero) is 1. The van der Waals surface area contributed by atoms with Gasteiger partial charge < -0.3 is 14.8 Å². The minimum atomic E-state index is -0.551. The van der Waals surface area contributed by atoms with Crippen molar-refractivity contribution in [2.75, 3.05) is 24.3 Å². The van der Waals surface area contributed by atoms with Crippen molar-refractivity contribution in [2.45, 2.75) is 58.5 Å². The second-order valence-corrected chi connectivity index (χ2v) is 10.7. The summed E-state index contributed by atoms with van der Waals surface area (Å²) in [6, 6.07) is 11.5. The van der Waals surface area contributed by atoms with E-state index in [2.05, 4.69) is 19.2 Å². The number of alkyl halides is 1. The Morgan fingerprint density at radius 3 is 2.03 bits per heavy atom. The number of rotatable bonds is 11. The van der Waals surface area contributed by atoms with Gasteiger partial charge in [-0.05, 0) is 56.2 Å². The van der Waals surface area contributed by atoms with E-state index in [1.165, 1.54) is 0 Å². The van der Waals surface area contributed by atoms with Gasteiger partial charge in [-0.2, -0.15) is 0 Å². The zero-order chi connectivity index (χ0) is 25.5. The van der Waals surface area contributed by atoms with Crippen LogP contribution < -0.4 is 10.1 Å². The minimum absolute atomic E-state index is 0.0592. The SMILES string of the molecule is CC(C)(C)OC(=O)CCC(=O)CNc1ccc(C(C)(C)c2cc(Cl)c(OCCCl)c(Cl)c2)cc1. The number of hydrogen-bond donors (Lipinski definition) is 1. The minimum Gasteiger partial charge on any atom is -0.489 e. The smallest absolute Gasteiger partial charge is 0.306 e. The molecule has 2 rings (SSSR count). The number of ketones is 1. The Balaban J connectivity index is 1.99. The highest BCUT2D eigenvalue weighted by Gasteiger charge is 2.25. The lowest BCUT2D eigenvalue weighted by Gasteiger charge is -2.27. The molecule has 0 aromatic heterocycles. The van der Waals surface area contributed by atoms with Crippen molar-refractivity contribution >= 4 is 52.2 Å². The lowest BCUT2D eigenvalue weighted by molar-refractivity contribution is -0.155. The summed E-state index contributed by atoms with van der Waals surface area (Å²) in [6.45, 7) is 10.0. The number of halogens is 3. The first-order chi connectivity index (χ1) is 15.8. The molecule has 0 spiro atoms. The number of anilines is 1. The first kappa shape index (κ1) is 28.3. The third-order valence-corrected chi connectivity index (χ3v) is 5.88. The Bertz CT molecular complexity index is 975. The molecular formula is C26H32Cl3NO4. The molecule has 186 valence electrons. The maximum absolute atomic E-state index is 12.1. The summed E-state index contributed by atoms with van der Waals surface area (Å²) >= 11 is 18.5. The highest BCUT2D eigenvalue weighted by molar-refractivity contribution is 6.37. The summed E-state index contributed by atoms with van der Waals surface area (Å²) in [4.78, 5) is 23.9. The van der Waals surface area contributed by atoms with Gasteiger partial charge in [-0.25, -0.2) is 0 Å². The number of carbonyl (C=O) groups excluding carboxylic acids is 2. The van der Waals surface area contributed by atoms with Crippen LogP contribution in [-0.4, -0.2) is 36.4 Å². The van der Waals surface area contributed by atoms with E-state index in [4.69, 9.17) is 44.3 Å². The van der Waals surface area contributed by atoms with Crippen LogP contribution in [0.25, 0.3) is 0 Å². The standard InChI is InChI=1S/C26H32Cl3NO4/c1-25(2,3)34-23(32)11-10-20(31)16-30-19-8-6-17(7-9-19)26(4,5)18-14-21(28)24(22(29)15-18)33-13-12-27/h6-9,14-15,30H,10-13,16H2,1-5H3. The van der Waals surface area contributed by atoms with Crippen molar-refractivity contribution in [3.05, 3.63) is 57.6 Å². The molecule has 0 aliphatic rings. The topological polar surface area (TPSA) is 64.6 Å². The monoisotopic (exact) mass is 527 g/mol. The molecule has 0 saturated heterocycles. The van der Waals surface area contributed by atoms with Crippen LogP contribution in [0.1, 0.15) is 58.6 Å². The summed E-state index contributed by atoms with van der Waals surface area (Å²) in [5.74, 6) is 0.344. The molecule has 0 atom stereocenters. The molecule has 0 fully saturated rings. The van der Waals surface area contributed by atoms with E-state index in [9.17, 15) is 9.59 Å². The molecule has 2 aromatic carbocycles. The van der Waals surface area contributed by atoms with Gasteiger partial charge in [-0.3, -0.25) is 9.59 Å². The van der Waals surface area contributed by atoms with E-state index in [0.717, 1.165) is 16.8 Å². The molecule has 34 heavy (non-hydrogen) atoms. The van der Waals surface area contributed by atoms with Crippen molar-refractivity contribution in [3.63, 3.8) is 0 Å². The maximum Gasteiger partial charge on any atom is 0.306 e. The second-order valence-electron chi connectivity index (χ2n) is 9.49. The highest BCUT2D eigenvalue weighted by Crippen LogP contribution is 2.40. The molecule has 0 radical (unpaired) electrons. The van der Waals surface area contributed by atoms with Crippen LogP contribution in [0, 0.1) is 0 Å². The summed E-state index contributed by atoms with van der Waals surface area (Å²) < 4.78 is 10.8. The van der Waals surface area contributed by atoms with Crippen LogP contribution in [0.5, 0.6) is 5.75 Å². The van der Waals surface area contributed by atoms with Crippen LogP contribution in [-0.2, 0) is 19.7 Å². The Morgan fingerprint density at radius 2 is 1.50 bits per heavy atom. The molecule has 8 heteroatoms. The van der Waals surface area contributed by atoms with Crippen LogP contribution in [0.3, 0.4) is 0 Å². The molecule has 2 aromatic rings. The summed E-state index contributed by atoms with van der Waals surface area (Å²) in [6.07, 6.45) is 0.213. The number of carbonyl (C=O) groups is 2. The molecule has 0 saturated carbocycles. The van der Waals surface area contributed by atoms with E-state index in [0.29, 0.717) is 28.3 Å². The number of hydrogen-bond acceptors (Lipinski definition) is 5. The molecule has 1 N–H and O–H groups in total. The van der Waals surface area contributed by atoms with Crippen molar-refractivity contribution in [3.8, 4) is 5.75 Å². The lowest BCUT2D eigenvalue weighted by atomic mass is 9.78. The van der Waals surface area contributed by atoms with Crippen molar-refractivity contribution in [1.82, 2.24) is 0 Å². The molecule has 5 nitrogen and oxygen atoms in total. The van der Waals surface area contributed by atoms with E-state index >= 15 is 0 Å². The van der Waals surface area contributed by atoms with E-state index in [1.807, 2.05) is 36.4 Å². The van der Waals surface area contributed by atoms with Crippen LogP contribution in [0.2, 0.25) is 10.0 Å². The fraction of sp³-hybridized carbons (Fsp3) is 0.462. The van der Waals surface area contributed by atoms with E-state index in [1.54, 1.807) is 20.8 Å². The number of ether oxygens (including phenoxy) is 2. The van der Waals surface area contributed by atoms with Gasteiger partial charge in [-0.1, -0.05) is 49.2 Å². The average molecular weight is 529 g/mol. The largest absolute Gasteiger partial charge is 0.489 e. The molecule has 0 aliphatic heterocycles. The van der Waals surface area contributed by atoms with E-state index in [-0.39, 0.29) is 36.6 Å². The van der Waals surface area contributed by atoms with Gasteiger partial charge in [-0.15, -0.1) is 11.6 Å². The van der Waals surface area contributed by atoms with Crippen LogP contribution in [0.4, 0.5) is 5.69 Å². The van der Waals surface area contributed by atoms with Crippen LogP contribution >= 0.6 is 34.8 Å². The zero-order valence-electron chi connectivity index (χ0n) is 20.3. The fourth-order valence-electron chi connectivity index (χ4n) is 3.29. The van der Waals surface area contributed by atoms with Gasteiger partial charge in [0.1, 0.15) is 12.2 Å². The van der Waals surface area contributed by atoms with Gasteiger partial charge in [0.25, 0.3) is 0 Å². The molecule has 0 aliphatic carbocycles. The molecule has 0 amide bonds. The molecule has 0 unspecified atom stereocenters. The van der Waals surface area contributed by atoms with Crippen molar-refractivity contribution in [2.24, 2.45) is 0 Å². The van der Waals surface area contributed by atoms with Crippen molar-refractivity contribution < 1.29 is 19.1 Å². The van der Waals surface area contributed by atoms with Crippen molar-refractivity contribution in [1.29, 1.82) is 0 Å². The normalized spacial score (nSPS) is 11.8. The Morgan fingerprint density at radius 1 is 0.912 bits per heavy atom. The number of esters is 1. The summed E-state index contributed by atoms with van der Waals surface area (Å²) in [7, 11) is 0. The lowest BCUT2D eigenvalue weighted by Crippen LogP contribution is -2.24. The molecule has 0 bridgehead atoms. The quantitative estimate of drug-likeness (QED) is 0.250. The predicted molar refractivity (Wildman–Crippen MR) is 140 cm³/mol. The van der Waals surface area contributed by atoms with Gasteiger partial charge in [0.2, 0.25) is 0 Å². The first-order valence-electron chi connectivity index (χ1n) is 11.1. The third kappa shape index (κ3) is 8.37. The highest BCUT2D eigenvalue weighted by atomic mass is 35.5. The fourth-order valence-corrected chi connectivity index (χ4v) is 3.97. The predicted octanol–water partition coefficient (Wildman–Crippen LogP) is 7.04. The first-order valence-corrected chi connectivity index (χ1v) is 12.4. The summed E-state index contributed by atoms with van der Waals surface area (Å²) in [5.41, 5.74) is 1.88. The molecular weight excluding hydrogens is 497 g/mol. The Labute approximate surface area is 217 Å². The number of nitrogens with one attached hydrogen (secondary N) is 1. The average Bonchev–Trinajstić information content (AvgIpc) is 2.74. The second kappa shape index (κ2) is 12.1. The van der Waals surface area contributed by atoms with Crippen LogP contribution in [0.15, 0.2) is 36.4 Å². The van der Waals surface area contributed by atoms with Gasteiger partial charge in [0, 0.05) is 17.5 Å². The zero-order valence-corrected chi connectivity index (χ0v) is 22.5.